The lowest BCUT2D eigenvalue weighted by Crippen LogP contribution is -2.37. The van der Waals surface area contributed by atoms with Crippen LogP contribution >= 0.6 is 11.3 Å². The number of guanidine groups is 1. The Hall–Kier alpha value is -2.45. The highest BCUT2D eigenvalue weighted by atomic mass is 32.1. The molecule has 29 heavy (non-hydrogen) atoms. The molecule has 0 spiro atoms. The van der Waals surface area contributed by atoms with Gasteiger partial charge >= 0.3 is 0 Å². The second kappa shape index (κ2) is 11.5. The van der Waals surface area contributed by atoms with E-state index in [0.717, 1.165) is 41.7 Å². The maximum Gasteiger partial charge on any atom is 0.251 e. The first-order valence-electron chi connectivity index (χ1n) is 9.78. The maximum atomic E-state index is 12.3. The first-order chi connectivity index (χ1) is 13.9. The van der Waals surface area contributed by atoms with Gasteiger partial charge in [-0.05, 0) is 45.6 Å². The number of hydrogen-bond donors (Lipinski definition) is 3. The molecule has 0 saturated carbocycles. The van der Waals surface area contributed by atoms with Crippen LogP contribution in [-0.2, 0) is 13.0 Å². The van der Waals surface area contributed by atoms with Crippen molar-refractivity contribution in [3.8, 4) is 0 Å². The number of aliphatic imine (C=N–C) groups is 1. The molecule has 3 N–H and O–H groups in total. The Kier molecular flexibility index (Phi) is 9.08. The molecular formula is C21H32N6OS. The van der Waals surface area contributed by atoms with E-state index in [1.54, 1.807) is 18.4 Å². The highest BCUT2D eigenvalue weighted by Crippen LogP contribution is 2.16. The van der Waals surface area contributed by atoms with E-state index in [4.69, 9.17) is 0 Å². The minimum atomic E-state index is -0.0507. The molecule has 0 unspecified atom stereocenters. The number of amides is 1. The van der Waals surface area contributed by atoms with Crippen LogP contribution in [-0.4, -0.2) is 62.5 Å². The van der Waals surface area contributed by atoms with Gasteiger partial charge in [0.1, 0.15) is 0 Å². The van der Waals surface area contributed by atoms with E-state index in [0.29, 0.717) is 18.7 Å². The summed E-state index contributed by atoms with van der Waals surface area (Å²) in [5.74, 6) is 0.682. The summed E-state index contributed by atoms with van der Waals surface area (Å²) in [5.41, 5.74) is 2.80. The molecule has 1 heterocycles. The normalized spacial score (nSPS) is 11.6. The number of likely N-dealkylation sites (N-methyl/N-ethyl adjacent to an activating group) is 1. The van der Waals surface area contributed by atoms with Gasteiger partial charge < -0.3 is 20.9 Å². The molecule has 0 saturated heterocycles. The van der Waals surface area contributed by atoms with Gasteiger partial charge in [-0.3, -0.25) is 9.79 Å². The third-order valence-electron chi connectivity index (χ3n) is 4.42. The maximum absolute atomic E-state index is 12.3. The number of carbonyl (C=O) groups excluding carboxylic acids is 1. The van der Waals surface area contributed by atoms with Crippen LogP contribution in [0.2, 0.25) is 0 Å². The Morgan fingerprint density at radius 2 is 1.97 bits per heavy atom. The van der Waals surface area contributed by atoms with Crippen molar-refractivity contribution in [3.05, 3.63) is 51.0 Å². The summed E-state index contributed by atoms with van der Waals surface area (Å²) >= 11 is 1.74. The summed E-state index contributed by atoms with van der Waals surface area (Å²) in [6, 6.07) is 7.64. The standard InChI is InChI=1S/C21H32N6OS/c1-15-16(2)29-19(26-15)9-10-24-21(22-3)25-14-17-7-6-8-18(13-17)20(28)23-11-12-27(4)5/h6-8,13H,9-12,14H2,1-5H3,(H,23,28)(H2,22,24,25). The molecule has 8 heteroatoms. The van der Waals surface area contributed by atoms with E-state index in [2.05, 4.69) is 32.9 Å². The van der Waals surface area contributed by atoms with E-state index in [9.17, 15) is 4.79 Å². The van der Waals surface area contributed by atoms with Gasteiger partial charge in [-0.2, -0.15) is 0 Å². The van der Waals surface area contributed by atoms with Crippen molar-refractivity contribution in [1.29, 1.82) is 0 Å². The molecule has 0 aliphatic heterocycles. The van der Waals surface area contributed by atoms with Crippen LogP contribution in [0.5, 0.6) is 0 Å². The van der Waals surface area contributed by atoms with E-state index in [1.807, 2.05) is 50.2 Å². The van der Waals surface area contributed by atoms with Crippen molar-refractivity contribution in [3.63, 3.8) is 0 Å². The highest BCUT2D eigenvalue weighted by molar-refractivity contribution is 7.11. The Morgan fingerprint density at radius 3 is 2.62 bits per heavy atom. The zero-order valence-corrected chi connectivity index (χ0v) is 18.8. The van der Waals surface area contributed by atoms with E-state index in [1.165, 1.54) is 4.88 Å². The second-order valence-electron chi connectivity index (χ2n) is 7.11. The van der Waals surface area contributed by atoms with Crippen LogP contribution in [0, 0.1) is 13.8 Å². The lowest BCUT2D eigenvalue weighted by Gasteiger charge is -2.13. The van der Waals surface area contributed by atoms with Gasteiger partial charge in [0.25, 0.3) is 5.91 Å². The fraction of sp³-hybridized carbons (Fsp3) is 0.476. The third kappa shape index (κ3) is 7.83. The number of aromatic nitrogens is 1. The highest BCUT2D eigenvalue weighted by Gasteiger charge is 2.07. The summed E-state index contributed by atoms with van der Waals surface area (Å²) in [6.45, 7) is 6.94. The first-order valence-corrected chi connectivity index (χ1v) is 10.6. The van der Waals surface area contributed by atoms with Crippen molar-refractivity contribution >= 4 is 23.2 Å². The lowest BCUT2D eigenvalue weighted by molar-refractivity contribution is 0.0951. The van der Waals surface area contributed by atoms with Crippen LogP contribution in [0.15, 0.2) is 29.3 Å². The van der Waals surface area contributed by atoms with Gasteiger partial charge in [0.15, 0.2) is 5.96 Å². The number of benzene rings is 1. The van der Waals surface area contributed by atoms with Crippen molar-refractivity contribution < 1.29 is 4.79 Å². The molecule has 158 valence electrons. The van der Waals surface area contributed by atoms with Gasteiger partial charge in [0.2, 0.25) is 0 Å². The van der Waals surface area contributed by atoms with Crippen molar-refractivity contribution in [2.75, 3.05) is 40.8 Å². The lowest BCUT2D eigenvalue weighted by atomic mass is 10.1. The van der Waals surface area contributed by atoms with Crippen molar-refractivity contribution in [1.82, 2.24) is 25.8 Å². The average Bonchev–Trinajstić information content (AvgIpc) is 3.01. The van der Waals surface area contributed by atoms with Crippen LogP contribution < -0.4 is 16.0 Å². The Bertz CT molecular complexity index is 811. The monoisotopic (exact) mass is 416 g/mol. The second-order valence-corrected chi connectivity index (χ2v) is 8.40. The molecule has 0 fully saturated rings. The van der Waals surface area contributed by atoms with Crippen LogP contribution in [0.3, 0.4) is 0 Å². The summed E-state index contributed by atoms with van der Waals surface area (Å²) in [5, 5.41) is 10.7. The van der Waals surface area contributed by atoms with Gasteiger partial charge in [0.05, 0.1) is 10.7 Å². The molecule has 2 aromatic rings. The predicted molar refractivity (Wildman–Crippen MR) is 121 cm³/mol. The molecule has 2 rings (SSSR count). The fourth-order valence-corrected chi connectivity index (χ4v) is 3.59. The molecular weight excluding hydrogens is 384 g/mol. The van der Waals surface area contributed by atoms with E-state index in [-0.39, 0.29) is 5.91 Å². The number of carbonyl (C=O) groups is 1. The topological polar surface area (TPSA) is 81.6 Å². The summed E-state index contributed by atoms with van der Waals surface area (Å²) < 4.78 is 0. The molecule has 0 atom stereocenters. The molecule has 7 nitrogen and oxygen atoms in total. The zero-order chi connectivity index (χ0) is 21.2. The van der Waals surface area contributed by atoms with E-state index >= 15 is 0 Å². The number of rotatable bonds is 9. The van der Waals surface area contributed by atoms with E-state index < -0.39 is 0 Å². The number of nitrogens with zero attached hydrogens (tertiary/aromatic N) is 3. The summed E-state index contributed by atoms with van der Waals surface area (Å²) in [4.78, 5) is 24.4. The molecule has 0 aliphatic carbocycles. The molecule has 0 bridgehead atoms. The third-order valence-corrected chi connectivity index (χ3v) is 5.55. The fourth-order valence-electron chi connectivity index (χ4n) is 2.66. The SMILES string of the molecule is CN=C(NCCc1nc(C)c(C)s1)NCc1cccc(C(=O)NCCN(C)C)c1. The molecule has 0 radical (unpaired) electrons. The number of nitrogens with one attached hydrogen (secondary N) is 3. The number of thiazole rings is 1. The Morgan fingerprint density at radius 1 is 1.17 bits per heavy atom. The van der Waals surface area contributed by atoms with Gasteiger partial charge in [-0.25, -0.2) is 4.98 Å². The minimum Gasteiger partial charge on any atom is -0.356 e. The predicted octanol–water partition coefficient (Wildman–Crippen LogP) is 1.96. The van der Waals surface area contributed by atoms with Gasteiger partial charge in [-0.1, -0.05) is 12.1 Å². The largest absolute Gasteiger partial charge is 0.356 e. The average molecular weight is 417 g/mol. The zero-order valence-electron chi connectivity index (χ0n) is 18.0. The quantitative estimate of drug-likeness (QED) is 0.430. The molecule has 1 amide bonds. The Balaban J connectivity index is 1.80. The first kappa shape index (κ1) is 22.8. The number of aryl methyl sites for hydroxylation is 2. The van der Waals surface area contributed by atoms with Crippen LogP contribution in [0.25, 0.3) is 0 Å². The smallest absolute Gasteiger partial charge is 0.251 e. The van der Waals surface area contributed by atoms with Gasteiger partial charge in [0, 0.05) is 50.1 Å². The minimum absolute atomic E-state index is 0.0507. The summed E-state index contributed by atoms with van der Waals surface area (Å²) in [7, 11) is 5.72. The van der Waals surface area contributed by atoms with Crippen molar-refractivity contribution in [2.45, 2.75) is 26.8 Å². The molecule has 1 aromatic heterocycles. The van der Waals surface area contributed by atoms with Gasteiger partial charge in [-0.15, -0.1) is 11.3 Å². The van der Waals surface area contributed by atoms with Crippen LogP contribution in [0.4, 0.5) is 0 Å². The Labute approximate surface area is 177 Å². The molecule has 0 aliphatic rings. The molecule has 1 aromatic carbocycles. The number of hydrogen-bond acceptors (Lipinski definition) is 5. The summed E-state index contributed by atoms with van der Waals surface area (Å²) in [6.07, 6.45) is 0.864. The van der Waals surface area contributed by atoms with Crippen molar-refractivity contribution in [2.24, 2.45) is 4.99 Å². The van der Waals surface area contributed by atoms with Crippen LogP contribution in [0.1, 0.15) is 31.5 Å².